The number of nitrogens with one attached hydrogen (secondary N) is 1. The summed E-state index contributed by atoms with van der Waals surface area (Å²) in [6.45, 7) is 3.00. The minimum absolute atomic E-state index is 0.130. The number of primary amides is 1. The van der Waals surface area contributed by atoms with E-state index in [1.54, 1.807) is 32.0 Å². The molecule has 0 spiro atoms. The number of aryl methyl sites for hydroxylation is 2. The number of carbonyl (C=O) groups is 2. The highest BCUT2D eigenvalue weighted by Crippen LogP contribution is 2.25. The van der Waals surface area contributed by atoms with Crippen LogP contribution in [0.25, 0.3) is 0 Å². The van der Waals surface area contributed by atoms with Crippen LogP contribution >= 0.6 is 23.2 Å². The Kier molecular flexibility index (Phi) is 5.31. The summed E-state index contributed by atoms with van der Waals surface area (Å²) in [5, 5.41) is 3.32. The molecule has 126 valence electrons. The predicted molar refractivity (Wildman–Crippen MR) is 93.8 cm³/mol. The Labute approximate surface area is 148 Å². The van der Waals surface area contributed by atoms with Crippen molar-refractivity contribution < 1.29 is 9.59 Å². The van der Waals surface area contributed by atoms with Gasteiger partial charge in [0.1, 0.15) is 12.1 Å². The van der Waals surface area contributed by atoms with Crippen LogP contribution in [0.5, 0.6) is 0 Å². The second-order valence-corrected chi connectivity index (χ2v) is 6.12. The zero-order valence-corrected chi connectivity index (χ0v) is 14.5. The fraction of sp³-hybridized carbons (Fsp3) is 0.188. The van der Waals surface area contributed by atoms with Gasteiger partial charge in [-0.3, -0.25) is 14.4 Å². The van der Waals surface area contributed by atoms with Crippen molar-refractivity contribution in [1.29, 1.82) is 0 Å². The monoisotopic (exact) mass is 367 g/mol. The Balaban J connectivity index is 2.33. The summed E-state index contributed by atoms with van der Waals surface area (Å²) in [6, 6.07) is 6.27. The normalized spacial score (nSPS) is 10.5. The molecule has 1 aromatic heterocycles. The van der Waals surface area contributed by atoms with Crippen LogP contribution in [0, 0.1) is 13.8 Å². The molecular formula is C16H15Cl2N3O3. The van der Waals surface area contributed by atoms with E-state index < -0.39 is 17.4 Å². The van der Waals surface area contributed by atoms with Gasteiger partial charge in [-0.05, 0) is 43.7 Å². The number of nitrogens with two attached hydrogens (primary N) is 1. The third-order valence-electron chi connectivity index (χ3n) is 3.46. The van der Waals surface area contributed by atoms with E-state index in [0.717, 1.165) is 0 Å². The number of pyridine rings is 1. The maximum atomic E-state index is 12.4. The van der Waals surface area contributed by atoms with Crippen molar-refractivity contribution in [3.8, 4) is 0 Å². The average Bonchev–Trinajstić information content (AvgIpc) is 2.46. The largest absolute Gasteiger partial charge is 0.365 e. The number of benzene rings is 1. The van der Waals surface area contributed by atoms with Gasteiger partial charge in [-0.15, -0.1) is 0 Å². The molecule has 0 aliphatic heterocycles. The molecule has 0 atom stereocenters. The minimum atomic E-state index is -0.829. The Morgan fingerprint density at radius 1 is 1.21 bits per heavy atom. The number of rotatable bonds is 4. The maximum Gasteiger partial charge on any atom is 0.264 e. The summed E-state index contributed by atoms with van der Waals surface area (Å²) in [7, 11) is 0. The maximum absolute atomic E-state index is 12.4. The van der Waals surface area contributed by atoms with Crippen molar-refractivity contribution in [1.82, 2.24) is 4.57 Å². The van der Waals surface area contributed by atoms with Gasteiger partial charge in [0, 0.05) is 10.7 Å². The second kappa shape index (κ2) is 7.07. The lowest BCUT2D eigenvalue weighted by Crippen LogP contribution is -2.35. The van der Waals surface area contributed by atoms with E-state index in [1.807, 2.05) is 0 Å². The van der Waals surface area contributed by atoms with Crippen LogP contribution in [0.2, 0.25) is 10.0 Å². The van der Waals surface area contributed by atoms with E-state index in [2.05, 4.69) is 5.32 Å². The molecule has 0 aliphatic rings. The summed E-state index contributed by atoms with van der Waals surface area (Å²) in [6.07, 6.45) is 0. The molecule has 6 nitrogen and oxygen atoms in total. The summed E-state index contributed by atoms with van der Waals surface area (Å²) in [4.78, 5) is 36.1. The SMILES string of the molecule is Cc1cc(C)n(CC(=O)Nc2cc(Cl)ccc2Cl)c(=O)c1C(N)=O. The topological polar surface area (TPSA) is 94.2 Å². The van der Waals surface area contributed by atoms with E-state index in [0.29, 0.717) is 27.0 Å². The van der Waals surface area contributed by atoms with Crippen molar-refractivity contribution in [2.75, 3.05) is 5.32 Å². The van der Waals surface area contributed by atoms with Crippen molar-refractivity contribution >= 4 is 40.7 Å². The van der Waals surface area contributed by atoms with Gasteiger partial charge in [0.25, 0.3) is 11.5 Å². The molecule has 1 heterocycles. The quantitative estimate of drug-likeness (QED) is 0.868. The number of anilines is 1. The lowest BCUT2D eigenvalue weighted by molar-refractivity contribution is -0.116. The Hall–Kier alpha value is -2.31. The number of carbonyl (C=O) groups excluding carboxylic acids is 2. The lowest BCUT2D eigenvalue weighted by atomic mass is 10.1. The first-order chi connectivity index (χ1) is 11.2. The van der Waals surface area contributed by atoms with Gasteiger partial charge in [-0.1, -0.05) is 23.2 Å². The van der Waals surface area contributed by atoms with Gasteiger partial charge in [0.05, 0.1) is 10.7 Å². The number of amides is 2. The summed E-state index contributed by atoms with van der Waals surface area (Å²) in [5.41, 5.74) is 5.85. The Morgan fingerprint density at radius 3 is 2.50 bits per heavy atom. The van der Waals surface area contributed by atoms with Gasteiger partial charge < -0.3 is 15.6 Å². The van der Waals surface area contributed by atoms with E-state index in [4.69, 9.17) is 28.9 Å². The molecule has 0 saturated heterocycles. The van der Waals surface area contributed by atoms with Crippen LogP contribution in [-0.2, 0) is 11.3 Å². The average molecular weight is 368 g/mol. The molecule has 3 N–H and O–H groups in total. The molecule has 0 radical (unpaired) electrons. The molecule has 2 amide bonds. The van der Waals surface area contributed by atoms with E-state index >= 15 is 0 Å². The standard InChI is InChI=1S/C16H15Cl2N3O3/c1-8-5-9(2)21(16(24)14(8)15(19)23)7-13(22)20-12-6-10(17)3-4-11(12)18/h3-6H,7H2,1-2H3,(H2,19,23)(H,20,22). The molecular weight excluding hydrogens is 353 g/mol. The highest BCUT2D eigenvalue weighted by Gasteiger charge is 2.17. The summed E-state index contributed by atoms with van der Waals surface area (Å²) >= 11 is 11.9. The van der Waals surface area contributed by atoms with Crippen molar-refractivity contribution in [2.24, 2.45) is 5.73 Å². The number of hydrogen-bond donors (Lipinski definition) is 2. The second-order valence-electron chi connectivity index (χ2n) is 5.27. The molecule has 24 heavy (non-hydrogen) atoms. The van der Waals surface area contributed by atoms with Gasteiger partial charge in [0.2, 0.25) is 5.91 Å². The molecule has 1 aromatic carbocycles. The third kappa shape index (κ3) is 3.77. The third-order valence-corrected chi connectivity index (χ3v) is 4.02. The first-order valence-corrected chi connectivity index (χ1v) is 7.72. The van der Waals surface area contributed by atoms with Crippen molar-refractivity contribution in [3.63, 3.8) is 0 Å². The number of nitrogens with zero attached hydrogens (tertiary/aromatic N) is 1. The van der Waals surface area contributed by atoms with Crippen LogP contribution in [0.4, 0.5) is 5.69 Å². The number of halogens is 2. The fourth-order valence-electron chi connectivity index (χ4n) is 2.35. The van der Waals surface area contributed by atoms with Crippen molar-refractivity contribution in [2.45, 2.75) is 20.4 Å². The van der Waals surface area contributed by atoms with Crippen LogP contribution in [0.15, 0.2) is 29.1 Å². The van der Waals surface area contributed by atoms with E-state index in [-0.39, 0.29) is 12.1 Å². The molecule has 2 rings (SSSR count). The predicted octanol–water partition coefficient (Wildman–Crippen LogP) is 2.51. The first-order valence-electron chi connectivity index (χ1n) is 6.96. The number of hydrogen-bond acceptors (Lipinski definition) is 3. The highest BCUT2D eigenvalue weighted by molar-refractivity contribution is 6.35. The fourth-order valence-corrected chi connectivity index (χ4v) is 2.69. The summed E-state index contributed by atoms with van der Waals surface area (Å²) < 4.78 is 1.18. The smallest absolute Gasteiger partial charge is 0.264 e. The zero-order valence-electron chi connectivity index (χ0n) is 13.0. The van der Waals surface area contributed by atoms with Crippen molar-refractivity contribution in [3.05, 3.63) is 61.5 Å². The van der Waals surface area contributed by atoms with Gasteiger partial charge in [-0.25, -0.2) is 0 Å². The molecule has 2 aromatic rings. The van der Waals surface area contributed by atoms with Crippen LogP contribution in [0.3, 0.4) is 0 Å². The Morgan fingerprint density at radius 2 is 1.88 bits per heavy atom. The first kappa shape index (κ1) is 18.0. The van der Waals surface area contributed by atoms with Gasteiger partial charge in [0.15, 0.2) is 0 Å². The van der Waals surface area contributed by atoms with E-state index in [1.165, 1.54) is 10.6 Å². The molecule has 0 aliphatic carbocycles. The molecule has 0 fully saturated rings. The van der Waals surface area contributed by atoms with Gasteiger partial charge in [-0.2, -0.15) is 0 Å². The minimum Gasteiger partial charge on any atom is -0.365 e. The summed E-state index contributed by atoms with van der Waals surface area (Å²) in [5.74, 6) is -1.31. The van der Waals surface area contributed by atoms with E-state index in [9.17, 15) is 14.4 Å². The Bertz CT molecular complexity index is 891. The highest BCUT2D eigenvalue weighted by atomic mass is 35.5. The van der Waals surface area contributed by atoms with Gasteiger partial charge >= 0.3 is 0 Å². The molecule has 0 saturated carbocycles. The van der Waals surface area contributed by atoms with Crippen LogP contribution in [0.1, 0.15) is 21.6 Å². The van der Waals surface area contributed by atoms with Crippen LogP contribution < -0.4 is 16.6 Å². The molecule has 0 unspecified atom stereocenters. The zero-order chi connectivity index (χ0) is 18.0. The lowest BCUT2D eigenvalue weighted by Gasteiger charge is -2.14. The number of aromatic nitrogens is 1. The molecule has 0 bridgehead atoms. The molecule has 8 heteroatoms. The van der Waals surface area contributed by atoms with Crippen LogP contribution in [-0.4, -0.2) is 16.4 Å².